The second-order valence-corrected chi connectivity index (χ2v) is 4.50. The Hall–Kier alpha value is -1.51. The van der Waals surface area contributed by atoms with Crippen LogP contribution in [0.2, 0.25) is 0 Å². The molecule has 0 heterocycles. The Labute approximate surface area is 102 Å². The Morgan fingerprint density at radius 2 is 2.00 bits per heavy atom. The van der Waals surface area contributed by atoms with E-state index >= 15 is 0 Å². The van der Waals surface area contributed by atoms with Crippen molar-refractivity contribution in [3.05, 3.63) is 30.3 Å². The number of carboxylic acids is 1. The van der Waals surface area contributed by atoms with Crippen LogP contribution >= 0.6 is 0 Å². The number of ether oxygens (including phenoxy) is 1. The zero-order chi connectivity index (χ0) is 12.9. The number of rotatable bonds is 6. The first-order valence-corrected chi connectivity index (χ1v) is 5.96. The van der Waals surface area contributed by atoms with Gasteiger partial charge in [0, 0.05) is 5.92 Å². The zero-order valence-corrected chi connectivity index (χ0v) is 10.6. The van der Waals surface area contributed by atoms with Crippen LogP contribution in [0.25, 0.3) is 0 Å². The van der Waals surface area contributed by atoms with Crippen molar-refractivity contribution in [1.82, 2.24) is 0 Å². The number of aliphatic carboxylic acids is 1. The number of carboxylic acid groups (broad SMARTS) is 1. The maximum atomic E-state index is 11.3. The van der Waals surface area contributed by atoms with Gasteiger partial charge in [-0.25, -0.2) is 0 Å². The largest absolute Gasteiger partial charge is 0.546 e. The van der Waals surface area contributed by atoms with Crippen molar-refractivity contribution in [3.8, 4) is 5.75 Å². The first-order chi connectivity index (χ1) is 8.00. The fraction of sp³-hybridized carbons (Fsp3) is 0.500. The van der Waals surface area contributed by atoms with Gasteiger partial charge in [0.05, 0.1) is 5.97 Å². The van der Waals surface area contributed by atoms with Crippen molar-refractivity contribution in [1.29, 1.82) is 0 Å². The van der Waals surface area contributed by atoms with Gasteiger partial charge in [-0.1, -0.05) is 38.5 Å². The van der Waals surface area contributed by atoms with Crippen LogP contribution in [0.3, 0.4) is 0 Å². The van der Waals surface area contributed by atoms with Gasteiger partial charge in [-0.3, -0.25) is 0 Å². The summed E-state index contributed by atoms with van der Waals surface area (Å²) in [5.41, 5.74) is -1.28. The molecule has 0 amide bonds. The molecule has 1 rings (SSSR count). The van der Waals surface area contributed by atoms with E-state index in [2.05, 4.69) is 0 Å². The molecular weight excluding hydrogens is 216 g/mol. The molecule has 3 nitrogen and oxygen atoms in total. The molecule has 0 radical (unpaired) electrons. The van der Waals surface area contributed by atoms with Crippen molar-refractivity contribution in [2.45, 2.75) is 39.2 Å². The first-order valence-electron chi connectivity index (χ1n) is 5.96. The van der Waals surface area contributed by atoms with Gasteiger partial charge in [0.2, 0.25) is 0 Å². The number of carbonyl (C=O) groups excluding carboxylic acids is 1. The number of para-hydroxylation sites is 1. The number of carbonyl (C=O) groups is 1. The maximum Gasteiger partial charge on any atom is 0.148 e. The predicted molar refractivity (Wildman–Crippen MR) is 64.6 cm³/mol. The van der Waals surface area contributed by atoms with Gasteiger partial charge in [-0.15, -0.1) is 0 Å². The normalized spacial score (nSPS) is 15.9. The quantitative estimate of drug-likeness (QED) is 0.757. The highest BCUT2D eigenvalue weighted by Gasteiger charge is 2.34. The van der Waals surface area contributed by atoms with Gasteiger partial charge >= 0.3 is 0 Å². The molecule has 0 saturated carbocycles. The van der Waals surface area contributed by atoms with Crippen LogP contribution in [-0.2, 0) is 4.79 Å². The van der Waals surface area contributed by atoms with Crippen molar-refractivity contribution < 1.29 is 14.6 Å². The van der Waals surface area contributed by atoms with Crippen molar-refractivity contribution in [3.63, 3.8) is 0 Å². The molecule has 0 bridgehead atoms. The number of benzene rings is 1. The molecule has 0 fully saturated rings. The average Bonchev–Trinajstić information content (AvgIpc) is 2.30. The number of hydrogen-bond donors (Lipinski definition) is 0. The van der Waals surface area contributed by atoms with Crippen molar-refractivity contribution >= 4 is 5.97 Å². The highest BCUT2D eigenvalue weighted by atomic mass is 16.5. The van der Waals surface area contributed by atoms with Crippen LogP contribution < -0.4 is 9.84 Å². The van der Waals surface area contributed by atoms with E-state index in [-0.39, 0.29) is 5.92 Å². The molecule has 94 valence electrons. The maximum absolute atomic E-state index is 11.3. The van der Waals surface area contributed by atoms with E-state index in [4.69, 9.17) is 4.74 Å². The molecule has 0 N–H and O–H groups in total. The summed E-state index contributed by atoms with van der Waals surface area (Å²) in [7, 11) is 0. The summed E-state index contributed by atoms with van der Waals surface area (Å²) < 4.78 is 5.62. The topological polar surface area (TPSA) is 49.4 Å². The smallest absolute Gasteiger partial charge is 0.148 e. The third kappa shape index (κ3) is 3.22. The molecule has 2 atom stereocenters. The van der Waals surface area contributed by atoms with Gasteiger partial charge < -0.3 is 14.6 Å². The lowest BCUT2D eigenvalue weighted by Crippen LogP contribution is -2.54. The molecule has 0 spiro atoms. The van der Waals surface area contributed by atoms with E-state index in [9.17, 15) is 9.90 Å². The van der Waals surface area contributed by atoms with Gasteiger partial charge in [0.1, 0.15) is 11.4 Å². The summed E-state index contributed by atoms with van der Waals surface area (Å²) in [4.78, 5) is 11.3. The second kappa shape index (κ2) is 5.71. The standard InChI is InChI=1S/C14H20O3/c1-4-8-11(2)14(3,13(15)16)17-12-9-6-5-7-10-12/h5-7,9-11H,4,8H2,1-3H3,(H,15,16)/p-1. The highest BCUT2D eigenvalue weighted by Crippen LogP contribution is 2.27. The second-order valence-electron chi connectivity index (χ2n) is 4.50. The van der Waals surface area contributed by atoms with Crippen LogP contribution in [0.5, 0.6) is 5.75 Å². The summed E-state index contributed by atoms with van der Waals surface area (Å²) in [6, 6.07) is 8.99. The van der Waals surface area contributed by atoms with Crippen molar-refractivity contribution in [2.24, 2.45) is 5.92 Å². The third-order valence-electron chi connectivity index (χ3n) is 3.14. The lowest BCUT2D eigenvalue weighted by molar-refractivity contribution is -0.324. The van der Waals surface area contributed by atoms with E-state index in [0.29, 0.717) is 5.75 Å². The minimum Gasteiger partial charge on any atom is -0.546 e. The monoisotopic (exact) mass is 235 g/mol. The fourth-order valence-electron chi connectivity index (χ4n) is 1.79. The molecule has 0 aliphatic rings. The van der Waals surface area contributed by atoms with Crippen molar-refractivity contribution in [2.75, 3.05) is 0 Å². The van der Waals surface area contributed by atoms with E-state index < -0.39 is 11.6 Å². The Bertz CT molecular complexity index is 361. The van der Waals surface area contributed by atoms with Gasteiger partial charge in [-0.05, 0) is 25.5 Å². The third-order valence-corrected chi connectivity index (χ3v) is 3.14. The Balaban J connectivity index is 2.89. The molecule has 17 heavy (non-hydrogen) atoms. The van der Waals surface area contributed by atoms with Crippen LogP contribution in [0.15, 0.2) is 30.3 Å². The molecule has 0 aromatic heterocycles. The predicted octanol–water partition coefficient (Wildman–Crippen LogP) is 2.01. The molecule has 0 aliphatic heterocycles. The highest BCUT2D eigenvalue weighted by molar-refractivity contribution is 5.75. The molecule has 0 aliphatic carbocycles. The van der Waals surface area contributed by atoms with Gasteiger partial charge in [0.15, 0.2) is 0 Å². The SMILES string of the molecule is CCCC(C)C(C)(Oc1ccccc1)C(=O)[O-]. The zero-order valence-electron chi connectivity index (χ0n) is 10.6. The van der Waals surface area contributed by atoms with Gasteiger partial charge in [-0.2, -0.15) is 0 Å². The Morgan fingerprint density at radius 3 is 2.47 bits per heavy atom. The summed E-state index contributed by atoms with van der Waals surface area (Å²) in [5, 5.41) is 11.3. The number of hydrogen-bond acceptors (Lipinski definition) is 3. The van der Waals surface area contributed by atoms with E-state index in [1.807, 2.05) is 32.0 Å². The van der Waals surface area contributed by atoms with E-state index in [1.165, 1.54) is 0 Å². The molecule has 2 unspecified atom stereocenters. The summed E-state index contributed by atoms with van der Waals surface area (Å²) >= 11 is 0. The minimum absolute atomic E-state index is 0.0993. The molecule has 1 aromatic rings. The summed E-state index contributed by atoms with van der Waals surface area (Å²) in [6.45, 7) is 5.48. The van der Waals surface area contributed by atoms with Crippen LogP contribution in [0.1, 0.15) is 33.6 Å². The first kappa shape index (κ1) is 13.6. The average molecular weight is 235 g/mol. The molecular formula is C14H19O3-. The molecule has 1 aromatic carbocycles. The summed E-state index contributed by atoms with van der Waals surface area (Å²) in [6.07, 6.45) is 1.71. The molecule has 3 heteroatoms. The van der Waals surface area contributed by atoms with Crippen LogP contribution in [0.4, 0.5) is 0 Å². The van der Waals surface area contributed by atoms with E-state index in [0.717, 1.165) is 12.8 Å². The lowest BCUT2D eigenvalue weighted by Gasteiger charge is -2.37. The lowest BCUT2D eigenvalue weighted by atomic mass is 9.87. The Kier molecular flexibility index (Phi) is 4.55. The van der Waals surface area contributed by atoms with E-state index in [1.54, 1.807) is 19.1 Å². The molecule has 0 saturated heterocycles. The fourth-order valence-corrected chi connectivity index (χ4v) is 1.79. The Morgan fingerprint density at radius 1 is 1.41 bits per heavy atom. The minimum atomic E-state index is -1.28. The van der Waals surface area contributed by atoms with Crippen LogP contribution in [0, 0.1) is 5.92 Å². The van der Waals surface area contributed by atoms with Crippen LogP contribution in [-0.4, -0.2) is 11.6 Å². The summed E-state index contributed by atoms with van der Waals surface area (Å²) in [5.74, 6) is -0.706. The van der Waals surface area contributed by atoms with Gasteiger partial charge in [0.25, 0.3) is 0 Å².